The standard InChI is InChI=1S/C44H48FN5O5/c1-29-26-50(43(52)55-44(2,3)4)25-22-33(29)42(51)49-23-20-32(21-24-49)34-16-17-35-39(47-48(5)40(35)38(34)45)36-18-19-37(53-27-30-12-8-6-9-13-30)46-41(36)54-28-31-14-10-7-11-15-31/h6-20,29,33H,21-28H2,1-5H3/t29-,33+/m0/s1. The van der Waals surface area contributed by atoms with E-state index in [1.807, 2.05) is 111 Å². The van der Waals surface area contributed by atoms with Crippen LogP contribution in [0.4, 0.5) is 9.18 Å². The zero-order chi connectivity index (χ0) is 38.7. The fourth-order valence-electron chi connectivity index (χ4n) is 7.38. The molecular weight excluding hydrogens is 698 g/mol. The largest absolute Gasteiger partial charge is 0.473 e. The summed E-state index contributed by atoms with van der Waals surface area (Å²) in [7, 11) is 1.74. The Morgan fingerprint density at radius 3 is 2.16 bits per heavy atom. The fourth-order valence-corrected chi connectivity index (χ4v) is 7.38. The average molecular weight is 746 g/mol. The van der Waals surface area contributed by atoms with E-state index in [0.717, 1.165) is 16.7 Å². The third-order valence-electron chi connectivity index (χ3n) is 10.2. The molecule has 2 atom stereocenters. The molecule has 0 unspecified atom stereocenters. The molecule has 2 amide bonds. The predicted octanol–water partition coefficient (Wildman–Crippen LogP) is 8.44. The number of benzene rings is 3. The van der Waals surface area contributed by atoms with Crippen molar-refractivity contribution in [1.82, 2.24) is 24.6 Å². The Labute approximate surface area is 321 Å². The van der Waals surface area contributed by atoms with Crippen LogP contribution < -0.4 is 9.47 Å². The highest BCUT2D eigenvalue weighted by Gasteiger charge is 2.37. The van der Waals surface area contributed by atoms with Gasteiger partial charge in [-0.1, -0.05) is 79.7 Å². The van der Waals surface area contributed by atoms with Crippen molar-refractivity contribution < 1.29 is 28.2 Å². The zero-order valence-electron chi connectivity index (χ0n) is 32.1. The van der Waals surface area contributed by atoms with Crippen molar-refractivity contribution in [1.29, 1.82) is 0 Å². The van der Waals surface area contributed by atoms with Gasteiger partial charge in [0, 0.05) is 56.2 Å². The Kier molecular flexibility index (Phi) is 10.9. The van der Waals surface area contributed by atoms with Crippen molar-refractivity contribution in [2.45, 2.75) is 59.4 Å². The topological polar surface area (TPSA) is 99.0 Å². The molecule has 2 aromatic heterocycles. The predicted molar refractivity (Wildman–Crippen MR) is 210 cm³/mol. The first-order valence-corrected chi connectivity index (χ1v) is 18.9. The summed E-state index contributed by atoms with van der Waals surface area (Å²) in [4.78, 5) is 34.6. The van der Waals surface area contributed by atoms with Crippen molar-refractivity contribution in [3.8, 4) is 23.0 Å². The number of halogens is 1. The number of nitrogens with zero attached hydrogens (tertiary/aromatic N) is 5. The first-order chi connectivity index (χ1) is 26.4. The van der Waals surface area contributed by atoms with Gasteiger partial charge in [0.25, 0.3) is 0 Å². The molecule has 0 bridgehead atoms. The van der Waals surface area contributed by atoms with Crippen LogP contribution in [0.3, 0.4) is 0 Å². The highest BCUT2D eigenvalue weighted by molar-refractivity contribution is 5.96. The van der Waals surface area contributed by atoms with Crippen LogP contribution in [0.15, 0.2) is 91.0 Å². The van der Waals surface area contributed by atoms with E-state index in [1.165, 1.54) is 0 Å². The fraction of sp³-hybridized carbons (Fsp3) is 0.364. The molecule has 2 aliphatic rings. The number of aromatic nitrogens is 3. The van der Waals surface area contributed by atoms with Crippen molar-refractivity contribution >= 4 is 28.5 Å². The normalized spacial score (nSPS) is 17.5. The Morgan fingerprint density at radius 2 is 1.53 bits per heavy atom. The van der Waals surface area contributed by atoms with Crippen molar-refractivity contribution in [2.24, 2.45) is 18.9 Å². The number of aryl methyl sites for hydroxylation is 1. The lowest BCUT2D eigenvalue weighted by Crippen LogP contribution is -2.50. The van der Waals surface area contributed by atoms with Gasteiger partial charge in [-0.15, -0.1) is 0 Å². The van der Waals surface area contributed by atoms with Crippen molar-refractivity contribution in [3.63, 3.8) is 0 Å². The number of rotatable bonds is 9. The average Bonchev–Trinajstić information content (AvgIpc) is 3.52. The molecule has 7 rings (SSSR count). The number of piperidine rings is 1. The molecule has 5 aromatic rings. The smallest absolute Gasteiger partial charge is 0.410 e. The maximum atomic E-state index is 16.6. The van der Waals surface area contributed by atoms with Crippen LogP contribution in [0.25, 0.3) is 27.7 Å². The number of carbonyl (C=O) groups excluding carboxylic acids is 2. The van der Waals surface area contributed by atoms with Gasteiger partial charge in [0.1, 0.15) is 30.0 Å². The van der Waals surface area contributed by atoms with Gasteiger partial charge in [0.05, 0.1) is 5.56 Å². The van der Waals surface area contributed by atoms with Gasteiger partial charge >= 0.3 is 6.09 Å². The molecule has 0 aliphatic carbocycles. The molecule has 4 heterocycles. The Morgan fingerprint density at radius 1 is 0.855 bits per heavy atom. The monoisotopic (exact) mass is 745 g/mol. The molecule has 1 saturated heterocycles. The molecule has 0 radical (unpaired) electrons. The molecular formula is C44H48FN5O5. The second-order valence-electron chi connectivity index (χ2n) is 15.4. The second-order valence-corrected chi connectivity index (χ2v) is 15.4. The molecule has 11 heteroatoms. The van der Waals surface area contributed by atoms with Crippen LogP contribution in [0.2, 0.25) is 0 Å². The molecule has 1 fully saturated rings. The SMILES string of the molecule is C[C@H]1CN(C(=O)OC(C)(C)C)CC[C@H]1C(=O)N1CC=C(c2ccc3c(-c4ccc(OCc5ccccc5)nc4OCc4ccccc4)nn(C)c3c2F)CC1. The third-order valence-corrected chi connectivity index (χ3v) is 10.2. The van der Waals surface area contributed by atoms with Gasteiger partial charge in [0.15, 0.2) is 5.82 Å². The molecule has 55 heavy (non-hydrogen) atoms. The molecule has 0 spiro atoms. The molecule has 0 saturated carbocycles. The molecule has 2 aliphatic heterocycles. The first kappa shape index (κ1) is 37.6. The van der Waals surface area contributed by atoms with Crippen LogP contribution in [0, 0.1) is 17.7 Å². The number of likely N-dealkylation sites (tertiary alicyclic amines) is 1. The lowest BCUT2D eigenvalue weighted by molar-refractivity contribution is -0.138. The lowest BCUT2D eigenvalue weighted by atomic mass is 9.85. The maximum Gasteiger partial charge on any atom is 0.410 e. The third kappa shape index (κ3) is 8.51. The number of carbonyl (C=O) groups is 2. The second kappa shape index (κ2) is 15.9. The zero-order valence-corrected chi connectivity index (χ0v) is 32.1. The number of hydrogen-bond donors (Lipinski definition) is 0. The van der Waals surface area contributed by atoms with Crippen molar-refractivity contribution in [2.75, 3.05) is 26.2 Å². The Bertz CT molecular complexity index is 2200. The van der Waals surface area contributed by atoms with Crippen LogP contribution in [-0.4, -0.2) is 68.3 Å². The van der Waals surface area contributed by atoms with E-state index in [9.17, 15) is 9.59 Å². The van der Waals surface area contributed by atoms with E-state index in [0.29, 0.717) is 85.1 Å². The van der Waals surface area contributed by atoms with Gasteiger partial charge in [-0.25, -0.2) is 9.18 Å². The van der Waals surface area contributed by atoms with Crippen molar-refractivity contribution in [3.05, 3.63) is 114 Å². The minimum Gasteiger partial charge on any atom is -0.473 e. The van der Waals surface area contributed by atoms with E-state index in [-0.39, 0.29) is 36.3 Å². The molecule has 286 valence electrons. The molecule has 3 aromatic carbocycles. The number of fused-ring (bicyclic) bond motifs is 1. The van der Waals surface area contributed by atoms with E-state index in [2.05, 4.69) is 0 Å². The summed E-state index contributed by atoms with van der Waals surface area (Å²) < 4.78 is 36.0. The number of ether oxygens (including phenoxy) is 3. The summed E-state index contributed by atoms with van der Waals surface area (Å²) in [6, 6.07) is 27.0. The van der Waals surface area contributed by atoms with Gasteiger partial charge in [-0.3, -0.25) is 9.48 Å². The molecule has 0 N–H and O–H groups in total. The van der Waals surface area contributed by atoms with E-state index < -0.39 is 5.60 Å². The lowest BCUT2D eigenvalue weighted by Gasteiger charge is -2.39. The maximum absolute atomic E-state index is 16.6. The summed E-state index contributed by atoms with van der Waals surface area (Å²) in [6.45, 7) is 10.0. The number of amides is 2. The van der Waals surface area contributed by atoms with E-state index >= 15 is 4.39 Å². The van der Waals surface area contributed by atoms with Crippen LogP contribution in [0.5, 0.6) is 11.8 Å². The van der Waals surface area contributed by atoms with Gasteiger partial charge in [0.2, 0.25) is 17.7 Å². The minimum absolute atomic E-state index is 0.00416. The van der Waals surface area contributed by atoms with Gasteiger partial charge < -0.3 is 24.0 Å². The van der Waals surface area contributed by atoms with Crippen LogP contribution in [-0.2, 0) is 29.8 Å². The highest BCUT2D eigenvalue weighted by Crippen LogP contribution is 2.38. The summed E-state index contributed by atoms with van der Waals surface area (Å²) in [6.07, 6.45) is 2.72. The van der Waals surface area contributed by atoms with E-state index in [1.54, 1.807) is 28.8 Å². The number of hydrogen-bond acceptors (Lipinski definition) is 7. The molecule has 10 nitrogen and oxygen atoms in total. The van der Waals surface area contributed by atoms with Gasteiger partial charge in [-0.2, -0.15) is 10.1 Å². The van der Waals surface area contributed by atoms with Crippen LogP contribution >= 0.6 is 0 Å². The summed E-state index contributed by atoms with van der Waals surface area (Å²) in [5.74, 6) is 0.264. The quantitative estimate of drug-likeness (QED) is 0.149. The Hall–Kier alpha value is -5.71. The van der Waals surface area contributed by atoms with Gasteiger partial charge in [-0.05, 0) is 68.4 Å². The highest BCUT2D eigenvalue weighted by atomic mass is 19.1. The minimum atomic E-state index is -0.572. The van der Waals surface area contributed by atoms with Crippen LogP contribution in [0.1, 0.15) is 57.2 Å². The number of pyridine rings is 1. The van der Waals surface area contributed by atoms with E-state index in [4.69, 9.17) is 24.3 Å². The Balaban J connectivity index is 1.09. The summed E-state index contributed by atoms with van der Waals surface area (Å²) in [5.41, 5.74) is 4.32. The summed E-state index contributed by atoms with van der Waals surface area (Å²) >= 11 is 0. The summed E-state index contributed by atoms with van der Waals surface area (Å²) in [5, 5.41) is 5.42. The first-order valence-electron chi connectivity index (χ1n) is 18.9.